The largest absolute Gasteiger partial charge is 0.377 e. The van der Waals surface area contributed by atoms with Crippen LogP contribution in [0.5, 0.6) is 0 Å². The van der Waals surface area contributed by atoms with Crippen LogP contribution in [0.4, 0.5) is 0 Å². The first-order chi connectivity index (χ1) is 8.92. The second-order valence-electron chi connectivity index (χ2n) is 5.75. The fourth-order valence-corrected chi connectivity index (χ4v) is 2.62. The number of nitrogens with one attached hydrogen (secondary N) is 1. The average molecular weight is 271 g/mol. The lowest BCUT2D eigenvalue weighted by Gasteiger charge is -2.35. The summed E-state index contributed by atoms with van der Waals surface area (Å²) in [7, 11) is 1.79. The number of carbonyl (C=O) groups excluding carboxylic acids is 1. The van der Waals surface area contributed by atoms with Crippen LogP contribution in [0.2, 0.25) is 0 Å². The number of ether oxygens (including phenoxy) is 1. The number of rotatable bonds is 6. The summed E-state index contributed by atoms with van der Waals surface area (Å²) in [6.45, 7) is 8.99. The van der Waals surface area contributed by atoms with Gasteiger partial charge >= 0.3 is 0 Å². The van der Waals surface area contributed by atoms with Gasteiger partial charge in [0, 0.05) is 25.7 Å². The van der Waals surface area contributed by atoms with Crippen molar-refractivity contribution in [3.05, 3.63) is 0 Å². The molecule has 19 heavy (non-hydrogen) atoms. The Morgan fingerprint density at radius 3 is 2.84 bits per heavy atom. The molecule has 112 valence electrons. The van der Waals surface area contributed by atoms with Gasteiger partial charge in [0.2, 0.25) is 5.91 Å². The summed E-state index contributed by atoms with van der Waals surface area (Å²) >= 11 is 0. The fourth-order valence-electron chi connectivity index (χ4n) is 2.62. The van der Waals surface area contributed by atoms with E-state index in [9.17, 15) is 4.79 Å². The molecule has 3 unspecified atom stereocenters. The summed E-state index contributed by atoms with van der Waals surface area (Å²) in [4.78, 5) is 14.0. The van der Waals surface area contributed by atoms with Crippen molar-refractivity contribution < 1.29 is 9.53 Å². The van der Waals surface area contributed by atoms with E-state index in [1.807, 2.05) is 6.92 Å². The molecule has 0 aliphatic carbocycles. The second-order valence-corrected chi connectivity index (χ2v) is 5.75. The third kappa shape index (κ3) is 4.44. The van der Waals surface area contributed by atoms with Gasteiger partial charge in [-0.2, -0.15) is 0 Å². The van der Waals surface area contributed by atoms with Gasteiger partial charge in [-0.1, -0.05) is 6.92 Å². The molecule has 1 amide bonds. The van der Waals surface area contributed by atoms with Crippen molar-refractivity contribution in [2.45, 2.75) is 57.7 Å². The molecule has 0 saturated carbocycles. The van der Waals surface area contributed by atoms with E-state index in [0.29, 0.717) is 12.1 Å². The Bertz CT molecular complexity index is 298. The van der Waals surface area contributed by atoms with Crippen LogP contribution >= 0.6 is 0 Å². The number of hydrogen-bond donors (Lipinski definition) is 2. The summed E-state index contributed by atoms with van der Waals surface area (Å²) in [5.74, 6) is -0.292. The molecule has 1 rings (SSSR count). The molecule has 3 N–H and O–H groups in total. The van der Waals surface area contributed by atoms with E-state index in [4.69, 9.17) is 10.5 Å². The predicted octanol–water partition coefficient (Wildman–Crippen LogP) is 0.729. The SMILES string of the molecule is CCC1CN(C(C)CC(C)(NC)C(N)=O)CCCO1. The lowest BCUT2D eigenvalue weighted by Crippen LogP contribution is -2.55. The maximum Gasteiger partial charge on any atom is 0.237 e. The van der Waals surface area contributed by atoms with Crippen LogP contribution in [0, 0.1) is 0 Å². The normalized spacial score (nSPS) is 26.4. The Hall–Kier alpha value is -0.650. The van der Waals surface area contributed by atoms with Crippen LogP contribution in [0.15, 0.2) is 0 Å². The van der Waals surface area contributed by atoms with Crippen molar-refractivity contribution in [1.29, 1.82) is 0 Å². The number of primary amides is 1. The van der Waals surface area contributed by atoms with Crippen molar-refractivity contribution in [2.75, 3.05) is 26.7 Å². The highest BCUT2D eigenvalue weighted by atomic mass is 16.5. The van der Waals surface area contributed by atoms with Gasteiger partial charge in [-0.15, -0.1) is 0 Å². The Kier molecular flexibility index (Phi) is 6.23. The average Bonchev–Trinajstić information content (AvgIpc) is 2.63. The van der Waals surface area contributed by atoms with Crippen LogP contribution in [-0.4, -0.2) is 55.2 Å². The molecule has 5 nitrogen and oxygen atoms in total. The fraction of sp³-hybridized carbons (Fsp3) is 0.929. The van der Waals surface area contributed by atoms with Crippen LogP contribution < -0.4 is 11.1 Å². The summed E-state index contributed by atoms with van der Waals surface area (Å²) in [6.07, 6.45) is 3.10. The molecular weight excluding hydrogens is 242 g/mol. The Morgan fingerprint density at radius 1 is 1.63 bits per heavy atom. The van der Waals surface area contributed by atoms with E-state index >= 15 is 0 Å². The van der Waals surface area contributed by atoms with Gasteiger partial charge in [0.05, 0.1) is 11.6 Å². The van der Waals surface area contributed by atoms with E-state index in [1.165, 1.54) is 0 Å². The number of carbonyl (C=O) groups is 1. The Morgan fingerprint density at radius 2 is 2.32 bits per heavy atom. The standard InChI is InChI=1S/C14H29N3O2/c1-5-12-10-17(7-6-8-19-12)11(2)9-14(3,16-4)13(15)18/h11-12,16H,5-10H2,1-4H3,(H2,15,18). The van der Waals surface area contributed by atoms with Crippen LogP contribution in [0.1, 0.15) is 40.0 Å². The molecular formula is C14H29N3O2. The maximum atomic E-state index is 11.6. The molecule has 1 aliphatic rings. The monoisotopic (exact) mass is 271 g/mol. The molecule has 1 heterocycles. The second kappa shape index (κ2) is 7.22. The minimum absolute atomic E-state index is 0.292. The number of likely N-dealkylation sites (N-methyl/N-ethyl adjacent to an activating group) is 1. The molecule has 1 saturated heterocycles. The maximum absolute atomic E-state index is 11.6. The van der Waals surface area contributed by atoms with Gasteiger partial charge < -0.3 is 15.8 Å². The van der Waals surface area contributed by atoms with Gasteiger partial charge in [-0.3, -0.25) is 9.69 Å². The van der Waals surface area contributed by atoms with Gasteiger partial charge in [0.25, 0.3) is 0 Å². The van der Waals surface area contributed by atoms with Crippen LogP contribution in [0.3, 0.4) is 0 Å². The number of hydrogen-bond acceptors (Lipinski definition) is 4. The summed E-state index contributed by atoms with van der Waals surface area (Å²) < 4.78 is 5.79. The van der Waals surface area contributed by atoms with Crippen molar-refractivity contribution in [3.63, 3.8) is 0 Å². The zero-order valence-corrected chi connectivity index (χ0v) is 12.7. The minimum atomic E-state index is -0.645. The number of nitrogens with zero attached hydrogens (tertiary/aromatic N) is 1. The molecule has 0 aromatic heterocycles. The van der Waals surface area contributed by atoms with Gasteiger partial charge in [-0.05, 0) is 40.2 Å². The molecule has 1 aliphatic heterocycles. The van der Waals surface area contributed by atoms with Gasteiger partial charge in [0.1, 0.15) is 0 Å². The van der Waals surface area contributed by atoms with E-state index in [0.717, 1.165) is 39.0 Å². The number of amides is 1. The third-order valence-electron chi connectivity index (χ3n) is 4.26. The molecule has 0 aromatic carbocycles. The topological polar surface area (TPSA) is 67.6 Å². The van der Waals surface area contributed by atoms with Crippen molar-refractivity contribution in [3.8, 4) is 0 Å². The van der Waals surface area contributed by atoms with E-state index < -0.39 is 5.54 Å². The quantitative estimate of drug-likeness (QED) is 0.747. The van der Waals surface area contributed by atoms with Crippen molar-refractivity contribution in [2.24, 2.45) is 5.73 Å². The van der Waals surface area contributed by atoms with Gasteiger partial charge in [0.15, 0.2) is 0 Å². The molecule has 0 bridgehead atoms. The number of nitrogens with two attached hydrogens (primary N) is 1. The molecule has 0 radical (unpaired) electrons. The van der Waals surface area contributed by atoms with E-state index in [2.05, 4.69) is 24.1 Å². The van der Waals surface area contributed by atoms with E-state index in [1.54, 1.807) is 7.05 Å². The Labute approximate surface area is 116 Å². The highest BCUT2D eigenvalue weighted by Gasteiger charge is 2.33. The van der Waals surface area contributed by atoms with Crippen molar-refractivity contribution >= 4 is 5.91 Å². The predicted molar refractivity (Wildman–Crippen MR) is 77.0 cm³/mol. The molecule has 5 heteroatoms. The highest BCUT2D eigenvalue weighted by Crippen LogP contribution is 2.19. The lowest BCUT2D eigenvalue weighted by atomic mass is 9.92. The lowest BCUT2D eigenvalue weighted by molar-refractivity contribution is -0.124. The molecule has 1 fully saturated rings. The van der Waals surface area contributed by atoms with E-state index in [-0.39, 0.29) is 5.91 Å². The summed E-state index contributed by atoms with van der Waals surface area (Å²) in [5, 5.41) is 3.06. The first-order valence-electron chi connectivity index (χ1n) is 7.27. The van der Waals surface area contributed by atoms with Crippen molar-refractivity contribution in [1.82, 2.24) is 10.2 Å². The zero-order valence-electron chi connectivity index (χ0n) is 12.7. The van der Waals surface area contributed by atoms with Crippen LogP contribution in [-0.2, 0) is 9.53 Å². The first-order valence-corrected chi connectivity index (χ1v) is 7.27. The van der Waals surface area contributed by atoms with Gasteiger partial charge in [-0.25, -0.2) is 0 Å². The first kappa shape index (κ1) is 16.4. The minimum Gasteiger partial charge on any atom is -0.377 e. The zero-order chi connectivity index (χ0) is 14.5. The smallest absolute Gasteiger partial charge is 0.237 e. The Balaban J connectivity index is 2.64. The van der Waals surface area contributed by atoms with Crippen LogP contribution in [0.25, 0.3) is 0 Å². The summed E-state index contributed by atoms with van der Waals surface area (Å²) in [5.41, 5.74) is 4.85. The third-order valence-corrected chi connectivity index (χ3v) is 4.26. The summed E-state index contributed by atoms with van der Waals surface area (Å²) in [6, 6.07) is 0.306. The highest BCUT2D eigenvalue weighted by molar-refractivity contribution is 5.84. The molecule has 0 spiro atoms. The molecule has 0 aromatic rings. The molecule has 3 atom stereocenters.